The molecule has 1 aliphatic carbocycles. The highest BCUT2D eigenvalue weighted by molar-refractivity contribution is 5.89. The largest absolute Gasteiger partial charge is 0.423 e. The minimum atomic E-state index is -0.597. The Morgan fingerprint density at radius 1 is 1.22 bits per heavy atom. The van der Waals surface area contributed by atoms with Crippen molar-refractivity contribution in [1.29, 1.82) is 0 Å². The Bertz CT molecular complexity index is 539. The second-order valence-corrected chi connectivity index (χ2v) is 5.82. The molecule has 0 aliphatic heterocycles. The quantitative estimate of drug-likeness (QED) is 0.363. The Labute approximate surface area is 137 Å². The maximum Gasteiger partial charge on any atom is 0.341 e. The molecule has 4 heteroatoms. The molecule has 0 heterocycles. The van der Waals surface area contributed by atoms with Gasteiger partial charge in [-0.05, 0) is 49.3 Å². The average Bonchev–Trinajstić information content (AvgIpc) is 2.60. The van der Waals surface area contributed by atoms with Crippen LogP contribution >= 0.6 is 0 Å². The monoisotopic (exact) mass is 316 g/mol. The molecule has 0 unspecified atom stereocenters. The highest BCUT2D eigenvalue weighted by atomic mass is 16.5. The van der Waals surface area contributed by atoms with E-state index in [1.165, 1.54) is 5.56 Å². The molecule has 1 fully saturated rings. The van der Waals surface area contributed by atoms with Crippen molar-refractivity contribution >= 4 is 5.97 Å². The van der Waals surface area contributed by atoms with E-state index in [0.29, 0.717) is 24.4 Å². The third-order valence-electron chi connectivity index (χ3n) is 4.17. The van der Waals surface area contributed by atoms with Crippen LogP contribution < -0.4 is 4.74 Å². The van der Waals surface area contributed by atoms with Gasteiger partial charge in [-0.3, -0.25) is 0 Å². The van der Waals surface area contributed by atoms with Gasteiger partial charge in [0.05, 0.1) is 24.9 Å². The van der Waals surface area contributed by atoms with Gasteiger partial charge in [-0.1, -0.05) is 24.8 Å². The Morgan fingerprint density at radius 3 is 2.43 bits per heavy atom. The summed E-state index contributed by atoms with van der Waals surface area (Å²) in [5.74, 6) is 0.396. The fourth-order valence-corrected chi connectivity index (χ4v) is 2.82. The molecule has 0 amide bonds. The molecule has 124 valence electrons. The van der Waals surface area contributed by atoms with Gasteiger partial charge in [0, 0.05) is 0 Å². The van der Waals surface area contributed by atoms with Gasteiger partial charge in [0.2, 0.25) is 0 Å². The molecule has 2 rings (SSSR count). The zero-order valence-electron chi connectivity index (χ0n) is 13.4. The number of ether oxygens (including phenoxy) is 2. The predicted molar refractivity (Wildman–Crippen MR) is 89.4 cm³/mol. The highest BCUT2D eigenvalue weighted by Crippen LogP contribution is 2.34. The van der Waals surface area contributed by atoms with Crippen LogP contribution in [0.5, 0.6) is 5.75 Å². The first kappa shape index (κ1) is 17.4. The molecule has 4 nitrogen and oxygen atoms in total. The van der Waals surface area contributed by atoms with E-state index in [9.17, 15) is 4.79 Å². The second kappa shape index (κ2) is 8.65. The van der Waals surface area contributed by atoms with Gasteiger partial charge < -0.3 is 14.6 Å². The molecule has 0 aromatic heterocycles. The first-order valence-corrected chi connectivity index (χ1v) is 7.97. The van der Waals surface area contributed by atoms with E-state index >= 15 is 0 Å². The van der Waals surface area contributed by atoms with E-state index in [0.717, 1.165) is 25.7 Å². The first-order valence-electron chi connectivity index (χ1n) is 7.97. The normalized spacial score (nSPS) is 20.7. The summed E-state index contributed by atoms with van der Waals surface area (Å²) in [5.41, 5.74) is 1.31. The van der Waals surface area contributed by atoms with Crippen LogP contribution in [0.1, 0.15) is 37.2 Å². The number of hydrogen-bond donors (Lipinski definition) is 1. The predicted octanol–water partition coefficient (Wildman–Crippen LogP) is 3.37. The smallest absolute Gasteiger partial charge is 0.341 e. The summed E-state index contributed by atoms with van der Waals surface area (Å²) in [6.07, 6.45) is 6.45. The van der Waals surface area contributed by atoms with Gasteiger partial charge in [0.1, 0.15) is 5.75 Å². The summed E-state index contributed by atoms with van der Waals surface area (Å²) in [6, 6.07) is 7.58. The topological polar surface area (TPSA) is 55.8 Å². The number of hydrogen-bond acceptors (Lipinski definition) is 4. The zero-order chi connectivity index (χ0) is 16.7. The number of carbonyl (C=O) groups excluding carboxylic acids is 1. The van der Waals surface area contributed by atoms with Crippen LogP contribution in [-0.2, 0) is 9.53 Å². The highest BCUT2D eigenvalue weighted by Gasteiger charge is 2.22. The molecule has 0 atom stereocenters. The molecule has 0 radical (unpaired) electrons. The molecule has 0 bridgehead atoms. The van der Waals surface area contributed by atoms with Crippen molar-refractivity contribution < 1.29 is 19.4 Å². The number of aliphatic hydroxyl groups is 1. The summed E-state index contributed by atoms with van der Waals surface area (Å²) in [4.78, 5) is 11.5. The molecule has 1 aromatic carbocycles. The van der Waals surface area contributed by atoms with Crippen molar-refractivity contribution in [3.63, 3.8) is 0 Å². The number of carbonyl (C=O) groups is 1. The lowest BCUT2D eigenvalue weighted by Crippen LogP contribution is -2.20. The Balaban J connectivity index is 1.87. The summed E-state index contributed by atoms with van der Waals surface area (Å²) in [5, 5.41) is 8.86. The molecule has 0 spiro atoms. The second-order valence-electron chi connectivity index (χ2n) is 5.82. The van der Waals surface area contributed by atoms with Gasteiger partial charge in [-0.2, -0.15) is 0 Å². The van der Waals surface area contributed by atoms with Crippen molar-refractivity contribution in [3.8, 4) is 5.75 Å². The Morgan fingerprint density at radius 2 is 1.87 bits per heavy atom. The van der Waals surface area contributed by atoms with E-state index < -0.39 is 12.6 Å². The molecule has 1 N–H and O–H groups in total. The van der Waals surface area contributed by atoms with E-state index in [2.05, 4.69) is 13.2 Å². The Kier molecular flexibility index (Phi) is 6.56. The van der Waals surface area contributed by atoms with E-state index in [1.807, 2.05) is 12.1 Å². The van der Waals surface area contributed by atoms with E-state index in [1.54, 1.807) is 18.2 Å². The van der Waals surface area contributed by atoms with Crippen LogP contribution in [0.25, 0.3) is 0 Å². The third-order valence-corrected chi connectivity index (χ3v) is 4.17. The van der Waals surface area contributed by atoms with Crippen molar-refractivity contribution in [1.82, 2.24) is 0 Å². The van der Waals surface area contributed by atoms with Gasteiger partial charge >= 0.3 is 5.97 Å². The van der Waals surface area contributed by atoms with Gasteiger partial charge in [0.15, 0.2) is 0 Å². The minimum absolute atomic E-state index is 0.0481. The molecule has 0 saturated heterocycles. The van der Waals surface area contributed by atoms with Crippen LogP contribution in [0, 0.1) is 0 Å². The van der Waals surface area contributed by atoms with Crippen LogP contribution in [0.15, 0.2) is 49.1 Å². The van der Waals surface area contributed by atoms with Crippen LogP contribution in [-0.4, -0.2) is 30.4 Å². The number of rotatable bonds is 7. The number of aliphatic hydroxyl groups excluding tert-OH is 1. The van der Waals surface area contributed by atoms with E-state index in [-0.39, 0.29) is 5.57 Å². The van der Waals surface area contributed by atoms with Crippen molar-refractivity contribution in [2.75, 3.05) is 13.2 Å². The molecular weight excluding hydrogens is 292 g/mol. The fraction of sp³-hybridized carbons (Fsp3) is 0.421. The molecular formula is C19H24O4. The third kappa shape index (κ3) is 5.05. The molecule has 1 aliphatic rings. The summed E-state index contributed by atoms with van der Waals surface area (Å²) >= 11 is 0. The lowest BCUT2D eigenvalue weighted by molar-refractivity contribution is -0.130. The van der Waals surface area contributed by atoms with Gasteiger partial charge in [0.25, 0.3) is 0 Å². The molecule has 1 saturated carbocycles. The van der Waals surface area contributed by atoms with Gasteiger partial charge in [-0.25, -0.2) is 4.79 Å². The SMILES string of the molecule is C=CCOC1CCC(c2ccc(OC(=O)C(=C)CO)cc2)CC1. The number of esters is 1. The van der Waals surface area contributed by atoms with Gasteiger partial charge in [-0.15, -0.1) is 6.58 Å². The van der Waals surface area contributed by atoms with Crippen LogP contribution in [0.3, 0.4) is 0 Å². The summed E-state index contributed by atoms with van der Waals surface area (Å²) in [7, 11) is 0. The standard InChI is InChI=1S/C19H24O4/c1-3-12-22-17-8-4-15(5-9-17)16-6-10-18(11-7-16)23-19(21)14(2)13-20/h3,6-7,10-11,15,17,20H,1-2,4-5,8-9,12-13H2. The maximum absolute atomic E-state index is 11.5. The lowest BCUT2D eigenvalue weighted by atomic mass is 9.83. The summed E-state index contributed by atoms with van der Waals surface area (Å²) < 4.78 is 10.9. The zero-order valence-corrected chi connectivity index (χ0v) is 13.4. The maximum atomic E-state index is 11.5. The molecule has 1 aromatic rings. The average molecular weight is 316 g/mol. The number of benzene rings is 1. The minimum Gasteiger partial charge on any atom is -0.423 e. The van der Waals surface area contributed by atoms with Crippen molar-refractivity contribution in [2.24, 2.45) is 0 Å². The summed E-state index contributed by atoms with van der Waals surface area (Å²) in [6.45, 7) is 7.34. The molecule has 23 heavy (non-hydrogen) atoms. The van der Waals surface area contributed by atoms with Crippen molar-refractivity contribution in [3.05, 3.63) is 54.6 Å². The van der Waals surface area contributed by atoms with Crippen LogP contribution in [0.4, 0.5) is 0 Å². The van der Waals surface area contributed by atoms with Crippen LogP contribution in [0.2, 0.25) is 0 Å². The van der Waals surface area contributed by atoms with E-state index in [4.69, 9.17) is 14.6 Å². The fourth-order valence-electron chi connectivity index (χ4n) is 2.82. The Hall–Kier alpha value is -1.91. The van der Waals surface area contributed by atoms with Crippen molar-refractivity contribution in [2.45, 2.75) is 37.7 Å². The first-order chi connectivity index (χ1) is 11.1. The lowest BCUT2D eigenvalue weighted by Gasteiger charge is -2.28.